The third-order valence-corrected chi connectivity index (χ3v) is 2.81. The van der Waals surface area contributed by atoms with Crippen molar-refractivity contribution in [3.63, 3.8) is 0 Å². The highest BCUT2D eigenvalue weighted by Gasteiger charge is 2.03. The van der Waals surface area contributed by atoms with E-state index in [4.69, 9.17) is 0 Å². The first-order valence-corrected chi connectivity index (χ1v) is 6.10. The molecule has 0 aliphatic heterocycles. The third-order valence-electron chi connectivity index (χ3n) is 2.32. The van der Waals surface area contributed by atoms with E-state index in [9.17, 15) is 0 Å². The monoisotopic (exact) mass is 279 g/mol. The first-order valence-electron chi connectivity index (χ1n) is 5.30. The second-order valence-corrected chi connectivity index (χ2v) is 4.48. The van der Waals surface area contributed by atoms with E-state index in [1.54, 1.807) is 0 Å². The van der Waals surface area contributed by atoms with E-state index < -0.39 is 0 Å². The van der Waals surface area contributed by atoms with Gasteiger partial charge in [-0.05, 0) is 24.7 Å². The van der Waals surface area contributed by atoms with E-state index in [-0.39, 0.29) is 0 Å². The maximum Gasteiger partial charge on any atom is 0.0924 e. The number of aromatic amines is 1. The number of benzene rings is 1. The fourth-order valence-corrected chi connectivity index (χ4v) is 1.91. The van der Waals surface area contributed by atoms with Gasteiger partial charge in [0.1, 0.15) is 0 Å². The van der Waals surface area contributed by atoms with Gasteiger partial charge in [-0.3, -0.25) is 5.10 Å². The summed E-state index contributed by atoms with van der Waals surface area (Å²) in [6.07, 6.45) is 0. The fraction of sp³-hybridized carbons (Fsp3) is 0.250. The Morgan fingerprint density at radius 1 is 1.38 bits per heavy atom. The highest BCUT2D eigenvalue weighted by Crippen LogP contribution is 2.21. The molecule has 1 aromatic heterocycles. The van der Waals surface area contributed by atoms with Crippen LogP contribution in [0.3, 0.4) is 0 Å². The smallest absolute Gasteiger partial charge is 0.0924 e. The van der Waals surface area contributed by atoms with Crippen LogP contribution in [0.5, 0.6) is 0 Å². The van der Waals surface area contributed by atoms with Gasteiger partial charge in [-0.25, -0.2) is 0 Å². The van der Waals surface area contributed by atoms with E-state index in [0.29, 0.717) is 0 Å². The summed E-state index contributed by atoms with van der Waals surface area (Å²) in [4.78, 5) is 0. The van der Waals surface area contributed by atoms with Gasteiger partial charge in [-0.1, -0.05) is 35.0 Å². The molecule has 1 heterocycles. The lowest BCUT2D eigenvalue weighted by Crippen LogP contribution is -2.11. The first kappa shape index (κ1) is 11.4. The molecule has 1 aromatic carbocycles. The molecule has 2 N–H and O–H groups in total. The summed E-state index contributed by atoms with van der Waals surface area (Å²) in [7, 11) is 0. The van der Waals surface area contributed by atoms with Gasteiger partial charge in [0.2, 0.25) is 0 Å². The number of rotatable bonds is 4. The Hall–Kier alpha value is -1.13. The lowest BCUT2D eigenvalue weighted by Gasteiger charge is -1.96. The molecule has 0 aliphatic rings. The number of hydrogen-bond donors (Lipinski definition) is 2. The van der Waals surface area contributed by atoms with Crippen LogP contribution < -0.4 is 5.32 Å². The highest BCUT2D eigenvalue weighted by molar-refractivity contribution is 9.10. The van der Waals surface area contributed by atoms with Crippen LogP contribution in [0.1, 0.15) is 12.6 Å². The summed E-state index contributed by atoms with van der Waals surface area (Å²) in [5, 5.41) is 10.6. The molecule has 0 fully saturated rings. The van der Waals surface area contributed by atoms with Crippen LogP contribution in [0.25, 0.3) is 11.3 Å². The number of hydrogen-bond acceptors (Lipinski definition) is 2. The summed E-state index contributed by atoms with van der Waals surface area (Å²) in [6, 6.07) is 10.2. The van der Waals surface area contributed by atoms with Gasteiger partial charge in [-0.2, -0.15) is 5.10 Å². The average Bonchev–Trinajstić information content (AvgIpc) is 2.75. The lowest BCUT2D eigenvalue weighted by molar-refractivity contribution is 0.707. The van der Waals surface area contributed by atoms with Gasteiger partial charge in [0.15, 0.2) is 0 Å². The molecule has 84 valence electrons. The normalized spacial score (nSPS) is 10.6. The van der Waals surface area contributed by atoms with E-state index in [1.165, 1.54) is 0 Å². The second-order valence-electron chi connectivity index (χ2n) is 3.57. The Bertz CT molecular complexity index is 465. The van der Waals surface area contributed by atoms with Gasteiger partial charge in [0, 0.05) is 22.3 Å². The Morgan fingerprint density at radius 2 is 2.25 bits per heavy atom. The lowest BCUT2D eigenvalue weighted by atomic mass is 10.1. The SMILES string of the molecule is CCNCc1cc(-c2cccc(Br)c2)n[nH]1. The predicted molar refractivity (Wildman–Crippen MR) is 69.1 cm³/mol. The summed E-state index contributed by atoms with van der Waals surface area (Å²) < 4.78 is 1.07. The van der Waals surface area contributed by atoms with E-state index in [1.807, 2.05) is 12.1 Å². The quantitative estimate of drug-likeness (QED) is 0.904. The topological polar surface area (TPSA) is 40.7 Å². The molecular weight excluding hydrogens is 266 g/mol. The van der Waals surface area contributed by atoms with Gasteiger partial charge in [-0.15, -0.1) is 0 Å². The minimum Gasteiger partial charge on any atom is -0.311 e. The van der Waals surface area contributed by atoms with Crippen molar-refractivity contribution in [3.05, 3.63) is 40.5 Å². The summed E-state index contributed by atoms with van der Waals surface area (Å²) in [5.74, 6) is 0. The zero-order valence-electron chi connectivity index (χ0n) is 9.13. The zero-order valence-corrected chi connectivity index (χ0v) is 10.7. The maximum absolute atomic E-state index is 4.29. The average molecular weight is 280 g/mol. The number of aromatic nitrogens is 2. The van der Waals surface area contributed by atoms with Gasteiger partial charge in [0.25, 0.3) is 0 Å². The molecule has 0 spiro atoms. The molecular formula is C12H14BrN3. The Morgan fingerprint density at radius 3 is 3.00 bits per heavy atom. The first-order chi connectivity index (χ1) is 7.79. The van der Waals surface area contributed by atoms with Crippen molar-refractivity contribution < 1.29 is 0 Å². The molecule has 3 nitrogen and oxygen atoms in total. The highest BCUT2D eigenvalue weighted by atomic mass is 79.9. The molecule has 0 radical (unpaired) electrons. The maximum atomic E-state index is 4.29. The van der Waals surface area contributed by atoms with Crippen molar-refractivity contribution in [2.75, 3.05) is 6.54 Å². The van der Waals surface area contributed by atoms with Crippen LogP contribution >= 0.6 is 15.9 Å². The van der Waals surface area contributed by atoms with Crippen molar-refractivity contribution >= 4 is 15.9 Å². The minimum atomic E-state index is 0.831. The molecule has 16 heavy (non-hydrogen) atoms. The number of halogens is 1. The van der Waals surface area contributed by atoms with Gasteiger partial charge >= 0.3 is 0 Å². The van der Waals surface area contributed by atoms with Crippen LogP contribution in [0, 0.1) is 0 Å². The van der Waals surface area contributed by atoms with Crippen LogP contribution in [0.2, 0.25) is 0 Å². The Kier molecular flexibility index (Phi) is 3.74. The molecule has 2 rings (SSSR count). The molecule has 0 saturated heterocycles. The Labute approximate surface area is 103 Å². The van der Waals surface area contributed by atoms with E-state index in [2.05, 4.69) is 56.6 Å². The summed E-state index contributed by atoms with van der Waals surface area (Å²) in [5.41, 5.74) is 3.21. The molecule has 0 amide bonds. The standard InChI is InChI=1S/C12H14BrN3/c1-2-14-8-11-7-12(16-15-11)9-4-3-5-10(13)6-9/h3-7,14H,2,8H2,1H3,(H,15,16). The fourth-order valence-electron chi connectivity index (χ4n) is 1.51. The van der Waals surface area contributed by atoms with Crippen LogP contribution in [-0.4, -0.2) is 16.7 Å². The number of nitrogens with zero attached hydrogens (tertiary/aromatic N) is 1. The molecule has 0 saturated carbocycles. The Balaban J connectivity index is 2.18. The van der Waals surface area contributed by atoms with Crippen LogP contribution in [-0.2, 0) is 6.54 Å². The summed E-state index contributed by atoms with van der Waals surface area (Å²) in [6.45, 7) is 3.88. The van der Waals surface area contributed by atoms with E-state index in [0.717, 1.165) is 34.5 Å². The van der Waals surface area contributed by atoms with Gasteiger partial charge in [0.05, 0.1) is 5.69 Å². The van der Waals surface area contributed by atoms with Crippen molar-refractivity contribution in [2.45, 2.75) is 13.5 Å². The van der Waals surface area contributed by atoms with Crippen LogP contribution in [0.15, 0.2) is 34.8 Å². The summed E-state index contributed by atoms with van der Waals surface area (Å²) >= 11 is 3.46. The molecule has 2 aromatic rings. The van der Waals surface area contributed by atoms with Crippen LogP contribution in [0.4, 0.5) is 0 Å². The van der Waals surface area contributed by atoms with E-state index >= 15 is 0 Å². The molecule has 0 unspecified atom stereocenters. The largest absolute Gasteiger partial charge is 0.311 e. The van der Waals surface area contributed by atoms with Crippen molar-refractivity contribution in [3.8, 4) is 11.3 Å². The second kappa shape index (κ2) is 5.27. The van der Waals surface area contributed by atoms with Gasteiger partial charge < -0.3 is 5.32 Å². The van der Waals surface area contributed by atoms with Crippen molar-refractivity contribution in [2.24, 2.45) is 0 Å². The molecule has 0 bridgehead atoms. The number of nitrogens with one attached hydrogen (secondary N) is 2. The molecule has 0 atom stereocenters. The minimum absolute atomic E-state index is 0.831. The predicted octanol–water partition coefficient (Wildman–Crippen LogP) is 2.95. The zero-order chi connectivity index (χ0) is 11.4. The molecule has 4 heteroatoms. The third kappa shape index (κ3) is 2.71. The number of H-pyrrole nitrogens is 1. The molecule has 0 aliphatic carbocycles. The van der Waals surface area contributed by atoms with Crippen molar-refractivity contribution in [1.82, 2.24) is 15.5 Å². The van der Waals surface area contributed by atoms with Crippen molar-refractivity contribution in [1.29, 1.82) is 0 Å².